The van der Waals surface area contributed by atoms with Crippen molar-refractivity contribution in [1.29, 1.82) is 0 Å². The van der Waals surface area contributed by atoms with Crippen molar-refractivity contribution >= 4 is 28.3 Å². The predicted octanol–water partition coefficient (Wildman–Crippen LogP) is 8.21. The molecule has 0 aromatic heterocycles. The second kappa shape index (κ2) is 105. The van der Waals surface area contributed by atoms with Gasteiger partial charge in [-0.3, -0.25) is 0 Å². The van der Waals surface area contributed by atoms with Crippen LogP contribution in [0.3, 0.4) is 0 Å². The van der Waals surface area contributed by atoms with Gasteiger partial charge in [0.2, 0.25) is 0 Å². The van der Waals surface area contributed by atoms with Gasteiger partial charge in [-0.25, -0.2) is 4.39 Å². The Kier molecular flexibility index (Phi) is 223. The van der Waals surface area contributed by atoms with Crippen molar-refractivity contribution in [3.8, 4) is 0 Å². The van der Waals surface area contributed by atoms with Crippen LogP contribution in [-0.2, 0) is 0 Å². The third kappa shape index (κ3) is 228000. The zero-order valence-electron chi connectivity index (χ0n) is 13.8. The fourth-order valence-electron chi connectivity index (χ4n) is 0. The number of hydrogen-bond donors (Lipinski definition) is 0. The van der Waals surface area contributed by atoms with Crippen LogP contribution in [0.15, 0.2) is 74.6 Å². The minimum atomic E-state index is 0. The predicted molar refractivity (Wildman–Crippen MR) is 106 cm³/mol. The third-order valence-electron chi connectivity index (χ3n) is 0.333. The van der Waals surface area contributed by atoms with Crippen LogP contribution in [0, 0.1) is 0 Å². The van der Waals surface area contributed by atoms with Crippen LogP contribution in [-0.4, -0.2) is 0 Å². The second-order valence-electron chi connectivity index (χ2n) is 2.59. The van der Waals surface area contributed by atoms with E-state index in [1.165, 1.54) is 5.57 Å². The van der Waals surface area contributed by atoms with Gasteiger partial charge >= 0.3 is 0 Å². The largest absolute Gasteiger partial charge is 0.216 e. The van der Waals surface area contributed by atoms with E-state index in [1.54, 1.807) is 11.1 Å². The second-order valence-corrected chi connectivity index (χ2v) is 3.24. The van der Waals surface area contributed by atoms with E-state index in [2.05, 4.69) is 55.4 Å². The van der Waals surface area contributed by atoms with Gasteiger partial charge in [-0.05, 0) is 39.6 Å². The fourth-order valence-corrected chi connectivity index (χ4v) is 0. The molecule has 0 saturated heterocycles. The van der Waals surface area contributed by atoms with Crippen LogP contribution in [0.5, 0.6) is 0 Å². The molecule has 0 fully saturated rings. The Labute approximate surface area is 142 Å². The van der Waals surface area contributed by atoms with E-state index in [1.807, 2.05) is 46.8 Å². The molecule has 3 heteroatoms. The maximum atomic E-state index is 10.1. The monoisotopic (exact) mass is 370 g/mol. The lowest BCUT2D eigenvalue weighted by molar-refractivity contribution is 0.725. The summed E-state index contributed by atoms with van der Waals surface area (Å²) in [5.74, 6) is 0. The lowest BCUT2D eigenvalue weighted by Crippen LogP contribution is -1.43. The van der Waals surface area contributed by atoms with Crippen molar-refractivity contribution in [3.63, 3.8) is 0 Å². The molecule has 0 saturated carbocycles. The first kappa shape index (κ1) is 42.7. The van der Waals surface area contributed by atoms with Gasteiger partial charge in [0.05, 0.1) is 6.33 Å². The van der Waals surface area contributed by atoms with Crippen molar-refractivity contribution in [3.05, 3.63) is 74.6 Å². The number of rotatable bonds is 0. The summed E-state index contributed by atoms with van der Waals surface area (Å²) in [5.41, 5.74) is 1.17. The summed E-state index contributed by atoms with van der Waals surface area (Å²) in [4.78, 5) is 1.56. The Hall–Kier alpha value is -0.860. The first-order valence-corrected chi connectivity index (χ1v) is 6.50. The molecule has 122 valence electrons. The van der Waals surface area contributed by atoms with Crippen molar-refractivity contribution in [2.24, 2.45) is 0 Å². The minimum Gasteiger partial charge on any atom is -0.216 e. The van der Waals surface area contributed by atoms with Gasteiger partial charge in [0.1, 0.15) is 0 Å². The van der Waals surface area contributed by atoms with E-state index in [-0.39, 0.29) is 18.7 Å². The Morgan fingerprint density at radius 3 is 1.00 bits per heavy atom. The molecule has 0 aliphatic heterocycles. The molecule has 0 rings (SSSR count). The highest BCUT2D eigenvalue weighted by Crippen LogP contribution is 1.73. The van der Waals surface area contributed by atoms with Crippen LogP contribution in [0.25, 0.3) is 0 Å². The maximum Gasteiger partial charge on any atom is 0.0795 e. The number of hydrogen-bond acceptors (Lipinski definition) is 0. The summed E-state index contributed by atoms with van der Waals surface area (Å²) in [6, 6.07) is 0. The average Bonchev–Trinajstić information content (AvgIpc) is 2.33. The van der Waals surface area contributed by atoms with Crippen LogP contribution in [0.2, 0.25) is 0 Å². The normalized spacial score (nSPS) is 5.35. The molecule has 0 aliphatic carbocycles. The van der Waals surface area contributed by atoms with Crippen LogP contribution >= 0.6 is 28.3 Å². The Balaban J connectivity index is -0.0000000204. The van der Waals surface area contributed by atoms with Crippen molar-refractivity contribution < 1.29 is 4.39 Å². The molecule has 0 N–H and O–H groups in total. The van der Waals surface area contributed by atoms with Gasteiger partial charge in [-0.1, -0.05) is 52.9 Å². The topological polar surface area (TPSA) is 0 Å². The third-order valence-corrected chi connectivity index (χ3v) is 0.333. The van der Waals surface area contributed by atoms with E-state index in [0.29, 0.717) is 0 Å². The van der Waals surface area contributed by atoms with Crippen molar-refractivity contribution in [2.45, 2.75) is 34.6 Å². The van der Waals surface area contributed by atoms with Gasteiger partial charge in [0.15, 0.2) is 0 Å². The SMILES string of the molecule is C=C.C=C(C)C.C=CBr.C=CC.C=CF.CC=CC.Cl. The summed E-state index contributed by atoms with van der Waals surface area (Å²) < 4.78 is 10.1. The Bertz CT molecular complexity index is 165. The number of allylic oxidation sites excluding steroid dienone is 4. The summed E-state index contributed by atoms with van der Waals surface area (Å²) in [5, 5.41) is 0. The van der Waals surface area contributed by atoms with E-state index in [4.69, 9.17) is 0 Å². The molecule has 0 bridgehead atoms. The zero-order valence-corrected chi connectivity index (χ0v) is 16.2. The van der Waals surface area contributed by atoms with E-state index in [9.17, 15) is 4.39 Å². The summed E-state index contributed by atoms with van der Waals surface area (Å²) in [7, 11) is 0. The smallest absolute Gasteiger partial charge is 0.0795 e. The lowest BCUT2D eigenvalue weighted by Gasteiger charge is -1.65. The lowest BCUT2D eigenvalue weighted by atomic mass is 10.4. The number of halogens is 3. The van der Waals surface area contributed by atoms with Gasteiger partial charge in [-0.2, -0.15) is 0 Å². The Morgan fingerprint density at radius 2 is 1.00 bits per heavy atom. The Morgan fingerprint density at radius 1 is 0.950 bits per heavy atom. The fraction of sp³-hybridized carbons (Fsp3) is 0.294. The van der Waals surface area contributed by atoms with Gasteiger partial charge in [-0.15, -0.1) is 38.7 Å². The highest BCUT2D eigenvalue weighted by Gasteiger charge is 1.51. The van der Waals surface area contributed by atoms with E-state index in [0.717, 1.165) is 0 Å². The molecule has 0 unspecified atom stereocenters. The molecule has 0 atom stereocenters. The minimum absolute atomic E-state index is 0. The van der Waals surface area contributed by atoms with E-state index < -0.39 is 0 Å². The summed E-state index contributed by atoms with van der Waals surface area (Å²) in [6.45, 7) is 28.7. The molecule has 0 amide bonds. The zero-order chi connectivity index (χ0) is 17.1. The first-order valence-electron chi connectivity index (χ1n) is 5.58. The highest BCUT2D eigenvalue weighted by molar-refractivity contribution is 9.11. The molecule has 0 radical (unpaired) electrons. The van der Waals surface area contributed by atoms with Crippen LogP contribution in [0.4, 0.5) is 4.39 Å². The quantitative estimate of drug-likeness (QED) is 0.376. The molecular weight excluding hydrogens is 339 g/mol. The van der Waals surface area contributed by atoms with Crippen molar-refractivity contribution in [1.82, 2.24) is 0 Å². The highest BCUT2D eigenvalue weighted by atomic mass is 79.9. The van der Waals surface area contributed by atoms with E-state index >= 15 is 0 Å². The maximum absolute atomic E-state index is 10.1. The molecule has 0 nitrogen and oxygen atoms in total. The van der Waals surface area contributed by atoms with Gasteiger partial charge in [0.25, 0.3) is 0 Å². The molecule has 20 heavy (non-hydrogen) atoms. The molecule has 0 spiro atoms. The standard InChI is InChI=1S/2C4H8.C3H6.C2H3Br.C2H3F.C2H4.ClH/c1-4(2)3;1-3-4-2;1-3-2;2*1-2-3;1-2;/h1H2,2-3H3;3-4H,1-2H3;3H,1H2,2H3;2*2H,1H2;1-2H2;1H. The molecule has 0 heterocycles. The van der Waals surface area contributed by atoms with Crippen LogP contribution < -0.4 is 0 Å². The first-order chi connectivity index (χ1) is 8.89. The molecule has 0 aromatic rings. The average molecular weight is 372 g/mol. The van der Waals surface area contributed by atoms with Crippen molar-refractivity contribution in [2.75, 3.05) is 0 Å². The van der Waals surface area contributed by atoms with Crippen LogP contribution in [0.1, 0.15) is 34.6 Å². The summed E-state index contributed by atoms with van der Waals surface area (Å²) in [6.07, 6.45) is 6.00. The molecular formula is C17H33BrClF. The van der Waals surface area contributed by atoms with Gasteiger partial charge in [0, 0.05) is 0 Å². The summed E-state index contributed by atoms with van der Waals surface area (Å²) >= 11 is 2.91. The molecule has 0 aliphatic rings. The van der Waals surface area contributed by atoms with Gasteiger partial charge < -0.3 is 0 Å². The molecule has 0 aromatic carbocycles.